The van der Waals surface area contributed by atoms with Crippen LogP contribution in [0.25, 0.3) is 0 Å². The fourth-order valence-electron chi connectivity index (χ4n) is 4.22. The van der Waals surface area contributed by atoms with Gasteiger partial charge in [-0.25, -0.2) is 0 Å². The molecule has 30 heavy (non-hydrogen) atoms. The van der Waals surface area contributed by atoms with E-state index in [0.717, 1.165) is 34.0 Å². The number of aliphatic hydroxyl groups is 4. The molecule has 1 fully saturated rings. The lowest BCUT2D eigenvalue weighted by Crippen LogP contribution is -2.58. The lowest BCUT2D eigenvalue weighted by atomic mass is 9.91. The molecule has 2 aromatic carbocycles. The van der Waals surface area contributed by atoms with Gasteiger partial charge in [0.2, 0.25) is 0 Å². The van der Waals surface area contributed by atoms with E-state index in [2.05, 4.69) is 38.1 Å². The number of ether oxygens (including phenoxy) is 1. The fourth-order valence-corrected chi connectivity index (χ4v) is 6.03. The van der Waals surface area contributed by atoms with Crippen LogP contribution in [0.2, 0.25) is 5.02 Å². The van der Waals surface area contributed by atoms with Crippen LogP contribution in [-0.4, -0.2) is 50.6 Å². The van der Waals surface area contributed by atoms with Crippen molar-refractivity contribution >= 4 is 23.4 Å². The van der Waals surface area contributed by atoms with Crippen LogP contribution in [0.3, 0.4) is 0 Å². The zero-order valence-corrected chi connectivity index (χ0v) is 18.5. The minimum atomic E-state index is -1.42. The maximum atomic E-state index is 10.8. The van der Waals surface area contributed by atoms with E-state index in [1.807, 2.05) is 12.1 Å². The minimum absolute atomic E-state index is 0.240. The van der Waals surface area contributed by atoms with E-state index in [4.69, 9.17) is 16.3 Å². The molecule has 1 saturated heterocycles. The summed E-state index contributed by atoms with van der Waals surface area (Å²) in [4.78, 5) is -1.25. The van der Waals surface area contributed by atoms with Crippen LogP contribution < -0.4 is 0 Å². The maximum absolute atomic E-state index is 10.8. The Morgan fingerprint density at radius 2 is 1.83 bits per heavy atom. The Labute approximate surface area is 185 Å². The molecule has 0 bridgehead atoms. The quantitative estimate of drug-likeness (QED) is 0.572. The second kappa shape index (κ2) is 8.43. The number of rotatable bonds is 4. The molecule has 0 radical (unpaired) electrons. The molecule has 2 aliphatic heterocycles. The van der Waals surface area contributed by atoms with Gasteiger partial charge in [-0.15, -0.1) is 11.8 Å². The normalized spacial score (nSPS) is 30.8. The molecule has 0 aliphatic carbocycles. The molecule has 2 heterocycles. The lowest BCUT2D eigenvalue weighted by Gasteiger charge is -2.45. The third-order valence-electron chi connectivity index (χ3n) is 6.08. The van der Waals surface area contributed by atoms with Crippen molar-refractivity contribution in [1.82, 2.24) is 0 Å². The van der Waals surface area contributed by atoms with Gasteiger partial charge in [0.15, 0.2) is 4.93 Å². The van der Waals surface area contributed by atoms with Gasteiger partial charge < -0.3 is 25.2 Å². The second-order valence-electron chi connectivity index (χ2n) is 8.39. The fraction of sp³-hybridized carbons (Fsp3) is 0.478. The lowest BCUT2D eigenvalue weighted by molar-refractivity contribution is -0.147. The zero-order chi connectivity index (χ0) is 21.6. The second-order valence-corrected chi connectivity index (χ2v) is 10.2. The molecular weight excluding hydrogens is 424 g/mol. The molecule has 5 nitrogen and oxygen atoms in total. The van der Waals surface area contributed by atoms with Crippen molar-refractivity contribution in [2.24, 2.45) is 0 Å². The summed E-state index contributed by atoms with van der Waals surface area (Å²) < 4.78 is 5.99. The summed E-state index contributed by atoms with van der Waals surface area (Å²) >= 11 is 7.71. The van der Waals surface area contributed by atoms with Crippen molar-refractivity contribution in [2.75, 3.05) is 6.61 Å². The third kappa shape index (κ3) is 3.69. The van der Waals surface area contributed by atoms with Crippen molar-refractivity contribution in [2.45, 2.75) is 61.3 Å². The number of thioether (sulfide) groups is 1. The van der Waals surface area contributed by atoms with Crippen molar-refractivity contribution in [3.8, 4) is 0 Å². The SMILES string of the molecule is CC(C)c1ccc(Cc2cc3c(cc2Cl)CO[C@]32S[C@H](CO)[C@@H](O)[C@H](O)[C@H]2O)cc1. The van der Waals surface area contributed by atoms with Crippen molar-refractivity contribution in [1.29, 1.82) is 0 Å². The molecule has 0 unspecified atom stereocenters. The molecule has 162 valence electrons. The Hall–Kier alpha value is -1.12. The minimum Gasteiger partial charge on any atom is -0.395 e. The summed E-state index contributed by atoms with van der Waals surface area (Å²) in [6.45, 7) is 4.22. The summed E-state index contributed by atoms with van der Waals surface area (Å²) in [6.07, 6.45) is -3.37. The van der Waals surface area contributed by atoms with Gasteiger partial charge in [-0.05, 0) is 46.7 Å². The van der Waals surface area contributed by atoms with Crippen molar-refractivity contribution in [3.05, 3.63) is 69.2 Å². The number of aliphatic hydroxyl groups excluding tert-OH is 4. The average molecular weight is 451 g/mol. The van der Waals surface area contributed by atoms with Gasteiger partial charge in [-0.3, -0.25) is 0 Å². The highest BCUT2D eigenvalue weighted by Gasteiger charge is 2.57. The Bertz CT molecular complexity index is 917. The van der Waals surface area contributed by atoms with E-state index >= 15 is 0 Å². The first kappa shape index (κ1) is 22.1. The zero-order valence-electron chi connectivity index (χ0n) is 17.0. The van der Waals surface area contributed by atoms with E-state index in [-0.39, 0.29) is 13.2 Å². The van der Waals surface area contributed by atoms with Crippen LogP contribution in [0.1, 0.15) is 47.6 Å². The Kier molecular flexibility index (Phi) is 6.21. The standard InChI is InChI=1S/C23H27ClO5S/c1-12(2)14-5-3-13(4-6-14)7-15-8-17-16(9-18(15)24)11-29-23(17)22(28)21(27)20(26)19(10-25)30-23/h3-6,8-9,12,19-22,25-28H,7,10-11H2,1-2H3/t19-,20-,21+,22-,23+/m1/s1. The van der Waals surface area contributed by atoms with E-state index in [1.54, 1.807) is 0 Å². The van der Waals surface area contributed by atoms with Gasteiger partial charge in [0.1, 0.15) is 12.2 Å². The highest BCUT2D eigenvalue weighted by Crippen LogP contribution is 2.54. The molecule has 0 saturated carbocycles. The summed E-state index contributed by atoms with van der Waals surface area (Å²) in [5.74, 6) is 0.464. The van der Waals surface area contributed by atoms with Crippen LogP contribution in [0, 0.1) is 0 Å². The highest BCUT2D eigenvalue weighted by molar-refractivity contribution is 8.00. The smallest absolute Gasteiger partial charge is 0.168 e. The summed E-state index contributed by atoms with van der Waals surface area (Å²) in [6, 6.07) is 12.2. The average Bonchev–Trinajstić information content (AvgIpc) is 3.08. The molecular formula is C23H27ClO5S. The first-order chi connectivity index (χ1) is 14.3. The number of hydrogen-bond acceptors (Lipinski definition) is 6. The van der Waals surface area contributed by atoms with Crippen molar-refractivity contribution in [3.63, 3.8) is 0 Å². The first-order valence-electron chi connectivity index (χ1n) is 10.1. The van der Waals surface area contributed by atoms with E-state index in [0.29, 0.717) is 17.4 Å². The van der Waals surface area contributed by atoms with E-state index in [1.165, 1.54) is 5.56 Å². The number of fused-ring (bicyclic) bond motifs is 2. The largest absolute Gasteiger partial charge is 0.395 e. The molecule has 5 atom stereocenters. The molecule has 0 amide bonds. The van der Waals surface area contributed by atoms with E-state index in [9.17, 15) is 20.4 Å². The Morgan fingerprint density at radius 3 is 2.47 bits per heavy atom. The van der Waals surface area contributed by atoms with Crippen LogP contribution in [0.5, 0.6) is 0 Å². The Balaban J connectivity index is 1.69. The summed E-state index contributed by atoms with van der Waals surface area (Å²) in [5, 5.41) is 41.0. The molecule has 4 rings (SSSR count). The number of halogens is 1. The van der Waals surface area contributed by atoms with E-state index < -0.39 is 28.5 Å². The van der Waals surface area contributed by atoms with Crippen LogP contribution in [0.4, 0.5) is 0 Å². The molecule has 1 spiro atoms. The summed E-state index contributed by atoms with van der Waals surface area (Å²) in [7, 11) is 0. The van der Waals surface area contributed by atoms with Gasteiger partial charge in [0.05, 0.1) is 24.6 Å². The van der Waals surface area contributed by atoms with Gasteiger partial charge in [0.25, 0.3) is 0 Å². The predicted molar refractivity (Wildman–Crippen MR) is 118 cm³/mol. The predicted octanol–water partition coefficient (Wildman–Crippen LogP) is 2.93. The Morgan fingerprint density at radius 1 is 1.13 bits per heavy atom. The molecule has 7 heteroatoms. The van der Waals surface area contributed by atoms with Gasteiger partial charge in [-0.2, -0.15) is 0 Å². The molecule has 4 N–H and O–H groups in total. The number of benzene rings is 2. The van der Waals surface area contributed by atoms with Crippen LogP contribution in [0.15, 0.2) is 36.4 Å². The van der Waals surface area contributed by atoms with Gasteiger partial charge >= 0.3 is 0 Å². The molecule has 0 aromatic heterocycles. The van der Waals surface area contributed by atoms with Crippen molar-refractivity contribution < 1.29 is 25.2 Å². The first-order valence-corrected chi connectivity index (χ1v) is 11.4. The topological polar surface area (TPSA) is 90.2 Å². The van der Waals surface area contributed by atoms with Gasteiger partial charge in [0, 0.05) is 10.6 Å². The summed E-state index contributed by atoms with van der Waals surface area (Å²) in [5.41, 5.74) is 4.87. The highest BCUT2D eigenvalue weighted by atomic mass is 35.5. The maximum Gasteiger partial charge on any atom is 0.168 e. The number of hydrogen-bond donors (Lipinski definition) is 4. The molecule has 2 aliphatic rings. The van der Waals surface area contributed by atoms with Gasteiger partial charge in [-0.1, -0.05) is 49.7 Å². The monoisotopic (exact) mass is 450 g/mol. The third-order valence-corrected chi connectivity index (χ3v) is 8.09. The molecule has 2 aromatic rings. The van der Waals surface area contributed by atoms with Crippen LogP contribution >= 0.6 is 23.4 Å². The van der Waals surface area contributed by atoms with Crippen LogP contribution in [-0.2, 0) is 22.7 Å².